The Morgan fingerprint density at radius 1 is 1.36 bits per heavy atom. The van der Waals surface area contributed by atoms with Crippen LogP contribution in [0.2, 0.25) is 0 Å². The van der Waals surface area contributed by atoms with Gasteiger partial charge in [0.25, 0.3) is 0 Å². The number of halogens is 1. The number of aryl methyl sites for hydroxylation is 1. The maximum atomic E-state index is 13.0. The molecule has 0 aliphatic carbocycles. The molecule has 0 amide bonds. The summed E-state index contributed by atoms with van der Waals surface area (Å²) in [7, 11) is 0. The van der Waals surface area contributed by atoms with Gasteiger partial charge >= 0.3 is 0 Å². The van der Waals surface area contributed by atoms with Gasteiger partial charge in [-0.15, -0.1) is 0 Å². The SMILES string of the molecule is CC1(C)CCCc2ccc(F)cc2N1. The molecular formula is C12H16FN. The largest absolute Gasteiger partial charge is 0.380 e. The molecule has 0 saturated carbocycles. The maximum absolute atomic E-state index is 13.0. The molecule has 1 aliphatic rings. The van der Waals surface area contributed by atoms with Gasteiger partial charge in [-0.25, -0.2) is 4.39 Å². The average molecular weight is 193 g/mol. The Morgan fingerprint density at radius 2 is 2.14 bits per heavy atom. The van der Waals surface area contributed by atoms with E-state index in [2.05, 4.69) is 19.2 Å². The summed E-state index contributed by atoms with van der Waals surface area (Å²) >= 11 is 0. The first kappa shape index (κ1) is 9.50. The fraction of sp³-hybridized carbons (Fsp3) is 0.500. The zero-order chi connectivity index (χ0) is 10.2. The second kappa shape index (κ2) is 3.26. The molecule has 76 valence electrons. The van der Waals surface area contributed by atoms with E-state index in [0.29, 0.717) is 0 Å². The van der Waals surface area contributed by atoms with Gasteiger partial charge in [0, 0.05) is 11.2 Å². The van der Waals surface area contributed by atoms with Gasteiger partial charge in [-0.2, -0.15) is 0 Å². The van der Waals surface area contributed by atoms with Crippen LogP contribution >= 0.6 is 0 Å². The van der Waals surface area contributed by atoms with E-state index in [4.69, 9.17) is 0 Å². The Morgan fingerprint density at radius 3 is 2.93 bits per heavy atom. The van der Waals surface area contributed by atoms with Crippen LogP contribution in [0.4, 0.5) is 10.1 Å². The van der Waals surface area contributed by atoms with Gasteiger partial charge < -0.3 is 5.32 Å². The summed E-state index contributed by atoms with van der Waals surface area (Å²) in [4.78, 5) is 0. The quantitative estimate of drug-likeness (QED) is 0.666. The van der Waals surface area contributed by atoms with E-state index >= 15 is 0 Å². The van der Waals surface area contributed by atoms with Crippen LogP contribution < -0.4 is 5.32 Å². The van der Waals surface area contributed by atoms with Crippen molar-refractivity contribution in [3.05, 3.63) is 29.6 Å². The number of nitrogens with one attached hydrogen (secondary N) is 1. The van der Waals surface area contributed by atoms with Crippen molar-refractivity contribution in [3.63, 3.8) is 0 Å². The molecule has 0 aromatic heterocycles. The highest BCUT2D eigenvalue weighted by atomic mass is 19.1. The van der Waals surface area contributed by atoms with Crippen molar-refractivity contribution in [3.8, 4) is 0 Å². The molecule has 0 bridgehead atoms. The molecule has 0 spiro atoms. The van der Waals surface area contributed by atoms with E-state index in [1.165, 1.54) is 12.0 Å². The third-order valence-electron chi connectivity index (χ3n) is 2.79. The summed E-state index contributed by atoms with van der Waals surface area (Å²) in [5, 5.41) is 3.40. The van der Waals surface area contributed by atoms with E-state index < -0.39 is 0 Å². The van der Waals surface area contributed by atoms with E-state index in [1.54, 1.807) is 12.1 Å². The van der Waals surface area contributed by atoms with E-state index in [9.17, 15) is 4.39 Å². The Labute approximate surface area is 84.3 Å². The van der Waals surface area contributed by atoms with Gasteiger partial charge in [-0.05, 0) is 50.8 Å². The van der Waals surface area contributed by atoms with Crippen molar-refractivity contribution < 1.29 is 4.39 Å². The lowest BCUT2D eigenvalue weighted by molar-refractivity contribution is 0.508. The minimum atomic E-state index is -0.158. The molecule has 1 nitrogen and oxygen atoms in total. The van der Waals surface area contributed by atoms with Crippen LogP contribution in [0.25, 0.3) is 0 Å². The van der Waals surface area contributed by atoms with Gasteiger partial charge in [-0.3, -0.25) is 0 Å². The smallest absolute Gasteiger partial charge is 0.125 e. The van der Waals surface area contributed by atoms with Crippen molar-refractivity contribution in [2.45, 2.75) is 38.6 Å². The number of benzene rings is 1. The molecule has 2 heteroatoms. The number of anilines is 1. The lowest BCUT2D eigenvalue weighted by Crippen LogP contribution is -2.29. The van der Waals surface area contributed by atoms with E-state index in [1.807, 2.05) is 6.07 Å². The second-order valence-corrected chi connectivity index (χ2v) is 4.66. The second-order valence-electron chi connectivity index (χ2n) is 4.66. The van der Waals surface area contributed by atoms with Crippen LogP contribution in [0.15, 0.2) is 18.2 Å². The maximum Gasteiger partial charge on any atom is 0.125 e. The molecule has 1 aromatic rings. The number of hydrogen-bond donors (Lipinski definition) is 1. The first-order chi connectivity index (χ1) is 6.57. The molecule has 1 heterocycles. The zero-order valence-electron chi connectivity index (χ0n) is 8.73. The Hall–Kier alpha value is -1.05. The van der Waals surface area contributed by atoms with E-state index in [-0.39, 0.29) is 11.4 Å². The predicted molar refractivity (Wildman–Crippen MR) is 57.0 cm³/mol. The van der Waals surface area contributed by atoms with Gasteiger partial charge in [0.2, 0.25) is 0 Å². The summed E-state index contributed by atoms with van der Waals surface area (Å²) < 4.78 is 13.0. The molecule has 0 saturated heterocycles. The standard InChI is InChI=1S/C12H16FN/c1-12(2)7-3-4-9-5-6-10(13)8-11(9)14-12/h5-6,8,14H,3-4,7H2,1-2H3. The third kappa shape index (κ3) is 1.89. The molecule has 1 aliphatic heterocycles. The molecule has 0 atom stereocenters. The predicted octanol–water partition coefficient (Wildman–Crippen LogP) is 3.35. The molecule has 1 aromatic carbocycles. The van der Waals surface area contributed by atoms with Crippen LogP contribution in [0.3, 0.4) is 0 Å². The summed E-state index contributed by atoms with van der Waals surface area (Å²) in [5.41, 5.74) is 2.28. The first-order valence-electron chi connectivity index (χ1n) is 5.13. The van der Waals surface area contributed by atoms with Gasteiger partial charge in [0.15, 0.2) is 0 Å². The molecular weight excluding hydrogens is 177 g/mol. The lowest BCUT2D eigenvalue weighted by atomic mass is 9.99. The minimum Gasteiger partial charge on any atom is -0.380 e. The summed E-state index contributed by atoms with van der Waals surface area (Å²) in [6.07, 6.45) is 3.34. The van der Waals surface area contributed by atoms with Crippen molar-refractivity contribution in [2.24, 2.45) is 0 Å². The number of fused-ring (bicyclic) bond motifs is 1. The number of rotatable bonds is 0. The topological polar surface area (TPSA) is 12.0 Å². The van der Waals surface area contributed by atoms with Crippen molar-refractivity contribution in [2.75, 3.05) is 5.32 Å². The summed E-state index contributed by atoms with van der Waals surface area (Å²) in [6, 6.07) is 5.03. The van der Waals surface area contributed by atoms with Gasteiger partial charge in [-0.1, -0.05) is 6.07 Å². The van der Waals surface area contributed by atoms with Gasteiger partial charge in [0.05, 0.1) is 0 Å². The summed E-state index contributed by atoms with van der Waals surface area (Å²) in [5.74, 6) is -0.158. The third-order valence-corrected chi connectivity index (χ3v) is 2.79. The monoisotopic (exact) mass is 193 g/mol. The van der Waals surface area contributed by atoms with Crippen molar-refractivity contribution in [1.29, 1.82) is 0 Å². The zero-order valence-corrected chi connectivity index (χ0v) is 8.73. The molecule has 0 unspecified atom stereocenters. The highest BCUT2D eigenvalue weighted by molar-refractivity contribution is 5.53. The van der Waals surface area contributed by atoms with Crippen LogP contribution in [0.5, 0.6) is 0 Å². The molecule has 1 N–H and O–H groups in total. The van der Waals surface area contributed by atoms with Gasteiger partial charge in [0.1, 0.15) is 5.82 Å². The highest BCUT2D eigenvalue weighted by Gasteiger charge is 2.21. The summed E-state index contributed by atoms with van der Waals surface area (Å²) in [6.45, 7) is 4.32. The van der Waals surface area contributed by atoms with Crippen LogP contribution in [-0.4, -0.2) is 5.54 Å². The minimum absolute atomic E-state index is 0.0824. The normalized spacial score (nSPS) is 19.4. The Bertz CT molecular complexity index is 344. The fourth-order valence-electron chi connectivity index (χ4n) is 2.03. The first-order valence-corrected chi connectivity index (χ1v) is 5.13. The molecule has 0 radical (unpaired) electrons. The molecule has 14 heavy (non-hydrogen) atoms. The Kier molecular flexibility index (Phi) is 2.22. The van der Waals surface area contributed by atoms with Crippen LogP contribution in [0.1, 0.15) is 32.3 Å². The number of hydrogen-bond acceptors (Lipinski definition) is 1. The lowest BCUT2D eigenvalue weighted by Gasteiger charge is -2.25. The van der Waals surface area contributed by atoms with Crippen molar-refractivity contribution in [1.82, 2.24) is 0 Å². The Balaban J connectivity index is 2.38. The average Bonchev–Trinajstić information content (AvgIpc) is 2.21. The fourth-order valence-corrected chi connectivity index (χ4v) is 2.03. The van der Waals surface area contributed by atoms with Crippen molar-refractivity contribution >= 4 is 5.69 Å². The van der Waals surface area contributed by atoms with E-state index in [0.717, 1.165) is 18.5 Å². The van der Waals surface area contributed by atoms with Crippen LogP contribution in [0, 0.1) is 5.82 Å². The molecule has 0 fully saturated rings. The highest BCUT2D eigenvalue weighted by Crippen LogP contribution is 2.29. The van der Waals surface area contributed by atoms with Crippen LogP contribution in [-0.2, 0) is 6.42 Å². The molecule has 2 rings (SSSR count).